The number of hydrogen-bond acceptors (Lipinski definition) is 3. The van der Waals surface area contributed by atoms with Crippen LogP contribution >= 0.6 is 0 Å². The first kappa shape index (κ1) is 16.5. The van der Waals surface area contributed by atoms with Crippen molar-refractivity contribution in [2.75, 3.05) is 18.5 Å². The Balaban J connectivity index is 1.56. The third-order valence-electron chi connectivity index (χ3n) is 5.23. The molecule has 4 nitrogen and oxygen atoms in total. The minimum Gasteiger partial charge on any atom is -0.373 e. The maximum Gasteiger partial charge on any atom is 0.238 e. The minimum absolute atomic E-state index is 0.00830. The highest BCUT2D eigenvalue weighted by Crippen LogP contribution is 2.42. The van der Waals surface area contributed by atoms with Gasteiger partial charge in [-0.15, -0.1) is 0 Å². The Kier molecular flexibility index (Phi) is 5.02. The van der Waals surface area contributed by atoms with Crippen molar-refractivity contribution in [3.63, 3.8) is 0 Å². The summed E-state index contributed by atoms with van der Waals surface area (Å²) in [6, 6.07) is 8.35. The number of ether oxygens (including phenoxy) is 1. The highest BCUT2D eigenvalue weighted by molar-refractivity contribution is 5.93. The molecular weight excluding hydrogens is 288 g/mol. The van der Waals surface area contributed by atoms with E-state index < -0.39 is 0 Å². The van der Waals surface area contributed by atoms with Gasteiger partial charge in [-0.05, 0) is 49.7 Å². The van der Waals surface area contributed by atoms with E-state index in [0.29, 0.717) is 18.5 Å². The van der Waals surface area contributed by atoms with Gasteiger partial charge in [0.25, 0.3) is 0 Å². The quantitative estimate of drug-likeness (QED) is 0.875. The molecule has 1 spiro atoms. The topological polar surface area (TPSA) is 50.4 Å². The van der Waals surface area contributed by atoms with Crippen molar-refractivity contribution in [2.24, 2.45) is 0 Å². The molecule has 1 saturated heterocycles. The summed E-state index contributed by atoms with van der Waals surface area (Å²) in [5.41, 5.74) is 2.11. The van der Waals surface area contributed by atoms with Crippen molar-refractivity contribution in [2.45, 2.75) is 63.5 Å². The fraction of sp³-hybridized carbons (Fsp3) is 0.632. The Morgan fingerprint density at radius 1 is 1.30 bits per heavy atom. The molecule has 0 aromatic heterocycles. The zero-order valence-corrected chi connectivity index (χ0v) is 14.2. The van der Waals surface area contributed by atoms with Gasteiger partial charge in [0.05, 0.1) is 12.1 Å². The van der Waals surface area contributed by atoms with Crippen LogP contribution in [0.5, 0.6) is 0 Å². The van der Waals surface area contributed by atoms with Gasteiger partial charge in [-0.3, -0.25) is 4.79 Å². The highest BCUT2D eigenvalue weighted by atomic mass is 16.5. The molecule has 2 aliphatic rings. The lowest BCUT2D eigenvalue weighted by atomic mass is 9.72. The number of benzene rings is 1. The Morgan fingerprint density at radius 2 is 2.09 bits per heavy atom. The van der Waals surface area contributed by atoms with Gasteiger partial charge in [0.1, 0.15) is 0 Å². The lowest BCUT2D eigenvalue weighted by Crippen LogP contribution is -2.60. The first-order valence-corrected chi connectivity index (χ1v) is 8.87. The number of carbonyl (C=O) groups excluding carboxylic acids is 1. The summed E-state index contributed by atoms with van der Waals surface area (Å²) in [4.78, 5) is 12.3. The van der Waals surface area contributed by atoms with Crippen LogP contribution in [0.4, 0.5) is 5.69 Å². The number of amides is 1. The smallest absolute Gasteiger partial charge is 0.238 e. The van der Waals surface area contributed by atoms with Crippen LogP contribution < -0.4 is 10.6 Å². The van der Waals surface area contributed by atoms with Crippen molar-refractivity contribution < 1.29 is 9.53 Å². The molecule has 1 aliphatic heterocycles. The fourth-order valence-electron chi connectivity index (χ4n) is 3.76. The number of nitrogens with one attached hydrogen (secondary N) is 2. The van der Waals surface area contributed by atoms with E-state index in [9.17, 15) is 4.79 Å². The summed E-state index contributed by atoms with van der Waals surface area (Å²) in [6.07, 6.45) is 5.68. The second kappa shape index (κ2) is 7.02. The molecule has 0 bridgehead atoms. The Labute approximate surface area is 139 Å². The molecule has 1 aromatic carbocycles. The summed E-state index contributed by atoms with van der Waals surface area (Å²) in [6.45, 7) is 5.50. The van der Waals surface area contributed by atoms with Crippen LogP contribution in [0.25, 0.3) is 0 Å². The molecule has 23 heavy (non-hydrogen) atoms. The predicted molar refractivity (Wildman–Crippen MR) is 92.7 cm³/mol. The number of para-hydroxylation sites is 1. The van der Waals surface area contributed by atoms with E-state index in [1.165, 1.54) is 12.0 Å². The molecule has 1 amide bonds. The lowest BCUT2D eigenvalue weighted by Gasteiger charge is -2.50. The second-order valence-corrected chi connectivity index (χ2v) is 7.13. The SMILES string of the molecule is CC(C)c1ccccc1NC(=O)CNC1CCCOC12CCC2. The van der Waals surface area contributed by atoms with Crippen LogP contribution in [0.3, 0.4) is 0 Å². The van der Waals surface area contributed by atoms with Crippen molar-refractivity contribution in [1.82, 2.24) is 5.32 Å². The van der Waals surface area contributed by atoms with Gasteiger partial charge in [-0.1, -0.05) is 32.0 Å². The fourth-order valence-corrected chi connectivity index (χ4v) is 3.76. The average Bonchev–Trinajstić information content (AvgIpc) is 2.52. The zero-order chi connectivity index (χ0) is 16.3. The van der Waals surface area contributed by atoms with Crippen molar-refractivity contribution in [1.29, 1.82) is 0 Å². The largest absolute Gasteiger partial charge is 0.373 e. The number of hydrogen-bond donors (Lipinski definition) is 2. The van der Waals surface area contributed by atoms with E-state index >= 15 is 0 Å². The third-order valence-corrected chi connectivity index (χ3v) is 5.23. The lowest BCUT2D eigenvalue weighted by molar-refractivity contribution is -0.148. The molecule has 1 atom stereocenters. The van der Waals surface area contributed by atoms with Crippen LogP contribution in [0, 0.1) is 0 Å². The summed E-state index contributed by atoms with van der Waals surface area (Å²) < 4.78 is 6.02. The molecule has 126 valence electrons. The molecule has 1 unspecified atom stereocenters. The van der Waals surface area contributed by atoms with E-state index in [1.54, 1.807) is 0 Å². The molecule has 1 heterocycles. The normalized spacial score (nSPS) is 22.8. The molecule has 2 N–H and O–H groups in total. The van der Waals surface area contributed by atoms with E-state index in [4.69, 9.17) is 4.74 Å². The monoisotopic (exact) mass is 316 g/mol. The second-order valence-electron chi connectivity index (χ2n) is 7.13. The zero-order valence-electron chi connectivity index (χ0n) is 14.2. The molecule has 1 saturated carbocycles. The molecule has 0 radical (unpaired) electrons. The molecule has 2 fully saturated rings. The third kappa shape index (κ3) is 3.59. The van der Waals surface area contributed by atoms with Crippen molar-refractivity contribution in [3.8, 4) is 0 Å². The minimum atomic E-state index is 0.00830. The van der Waals surface area contributed by atoms with Crippen LogP contribution in [0.2, 0.25) is 0 Å². The summed E-state index contributed by atoms with van der Waals surface area (Å²) in [7, 11) is 0. The van der Waals surface area contributed by atoms with Gasteiger partial charge in [0.15, 0.2) is 0 Å². The van der Waals surface area contributed by atoms with Crippen LogP contribution in [-0.4, -0.2) is 30.7 Å². The van der Waals surface area contributed by atoms with Crippen LogP contribution in [-0.2, 0) is 9.53 Å². The highest BCUT2D eigenvalue weighted by Gasteiger charge is 2.46. The Morgan fingerprint density at radius 3 is 2.78 bits per heavy atom. The van der Waals surface area contributed by atoms with Crippen molar-refractivity contribution >= 4 is 11.6 Å². The Hall–Kier alpha value is -1.39. The maximum atomic E-state index is 12.3. The average molecular weight is 316 g/mol. The molecule has 1 aliphatic carbocycles. The van der Waals surface area contributed by atoms with Crippen LogP contribution in [0.1, 0.15) is 57.4 Å². The van der Waals surface area contributed by atoms with Gasteiger partial charge in [-0.25, -0.2) is 0 Å². The first-order valence-electron chi connectivity index (χ1n) is 8.87. The van der Waals surface area contributed by atoms with Crippen molar-refractivity contribution in [3.05, 3.63) is 29.8 Å². The van der Waals surface area contributed by atoms with Gasteiger partial charge in [0.2, 0.25) is 5.91 Å². The van der Waals surface area contributed by atoms with E-state index in [-0.39, 0.29) is 11.5 Å². The van der Waals surface area contributed by atoms with Gasteiger partial charge in [-0.2, -0.15) is 0 Å². The van der Waals surface area contributed by atoms with Gasteiger partial charge >= 0.3 is 0 Å². The summed E-state index contributed by atoms with van der Waals surface area (Å²) in [5.74, 6) is 0.419. The summed E-state index contributed by atoms with van der Waals surface area (Å²) in [5, 5.41) is 6.50. The number of carbonyl (C=O) groups is 1. The number of anilines is 1. The number of rotatable bonds is 5. The molecule has 1 aromatic rings. The standard InChI is InChI=1S/C19H28N2O2/c1-14(2)15-7-3-4-8-16(15)21-18(22)13-20-17-9-5-12-23-19(17)10-6-11-19/h3-4,7-8,14,17,20H,5-6,9-13H2,1-2H3,(H,21,22). The Bertz CT molecular complexity index is 552. The maximum absolute atomic E-state index is 12.3. The van der Waals surface area contributed by atoms with E-state index in [1.807, 2.05) is 18.2 Å². The van der Waals surface area contributed by atoms with E-state index in [2.05, 4.69) is 30.5 Å². The predicted octanol–water partition coefficient (Wildman–Crippen LogP) is 3.44. The van der Waals surface area contributed by atoms with Gasteiger partial charge < -0.3 is 15.4 Å². The summed E-state index contributed by atoms with van der Waals surface area (Å²) >= 11 is 0. The first-order chi connectivity index (χ1) is 11.1. The molecular formula is C19H28N2O2. The molecule has 4 heteroatoms. The van der Waals surface area contributed by atoms with Gasteiger partial charge in [0, 0.05) is 18.3 Å². The van der Waals surface area contributed by atoms with E-state index in [0.717, 1.165) is 38.0 Å². The van der Waals surface area contributed by atoms with Crippen LogP contribution in [0.15, 0.2) is 24.3 Å². The molecule has 3 rings (SSSR count).